The van der Waals surface area contributed by atoms with Gasteiger partial charge in [-0.25, -0.2) is 9.98 Å². The third-order valence-corrected chi connectivity index (χ3v) is 11.8. The summed E-state index contributed by atoms with van der Waals surface area (Å²) in [6.07, 6.45) is 13.4. The van der Waals surface area contributed by atoms with Crippen LogP contribution in [0.25, 0.3) is 33.1 Å². The number of aliphatic imine (C=N–C) groups is 2. The second kappa shape index (κ2) is 10.9. The Labute approximate surface area is 287 Å². The van der Waals surface area contributed by atoms with Gasteiger partial charge in [0.15, 0.2) is 5.84 Å². The molecule has 0 N–H and O–H groups in total. The number of nitrogens with zero attached hydrogens (tertiary/aromatic N) is 4. The molecule has 1 aliphatic heterocycles. The Morgan fingerprint density at radius 1 is 0.875 bits per heavy atom. The average Bonchev–Trinajstić information content (AvgIpc) is 3.76. The van der Waals surface area contributed by atoms with E-state index in [9.17, 15) is 0 Å². The van der Waals surface area contributed by atoms with Crippen LogP contribution >= 0.6 is 11.3 Å². The fraction of sp³-hybridized carbons (Fsp3) is 0.256. The second-order valence-electron chi connectivity index (χ2n) is 14.4. The number of hydrogen-bond donors (Lipinski definition) is 0. The first-order chi connectivity index (χ1) is 23.3. The number of thiophene rings is 1. The van der Waals surface area contributed by atoms with Crippen molar-refractivity contribution in [2.75, 3.05) is 7.05 Å². The van der Waals surface area contributed by atoms with E-state index < -0.39 is 0 Å². The summed E-state index contributed by atoms with van der Waals surface area (Å²) in [5, 5.41) is 3.60. The maximum Gasteiger partial charge on any atom is 0.159 e. The summed E-state index contributed by atoms with van der Waals surface area (Å²) < 4.78 is 2.54. The highest BCUT2D eigenvalue weighted by Crippen LogP contribution is 2.51. The van der Waals surface area contributed by atoms with E-state index in [-0.39, 0.29) is 11.6 Å². The predicted octanol–water partition coefficient (Wildman–Crippen LogP) is 10.8. The lowest BCUT2D eigenvalue weighted by Gasteiger charge is -2.33. The maximum atomic E-state index is 5.26. The van der Waals surface area contributed by atoms with Crippen molar-refractivity contribution in [3.05, 3.63) is 142 Å². The molecule has 0 radical (unpaired) electrons. The lowest BCUT2D eigenvalue weighted by atomic mass is 9.81. The van der Waals surface area contributed by atoms with E-state index in [1.807, 2.05) is 11.3 Å². The van der Waals surface area contributed by atoms with Crippen molar-refractivity contribution < 1.29 is 0 Å². The summed E-state index contributed by atoms with van der Waals surface area (Å²) in [7, 11) is 2.13. The van der Waals surface area contributed by atoms with Crippen LogP contribution in [0.4, 0.5) is 0 Å². The SMILES string of the molecule is CC1C=CC(C2=NC(c3ccccc3)N(C)C(c3ccc4c(c3)C(C)(C)c3cc(-n5c6c(c7ccsc75)C=CCC6C)ccc3-4)=N2)=CC1. The number of rotatable bonds is 4. The lowest BCUT2D eigenvalue weighted by Crippen LogP contribution is -2.36. The standard InChI is InChI=1S/C43H40N4S/c1-26-14-16-28(17-15-26)39-44-40(29-11-7-6-8-12-29)46(5)41(45-39)30-18-20-32-33-21-19-31(25-37(33)43(3,4)36(32)24-30)47-38-27(2)10-9-13-34(38)35-22-23-48-42(35)47/h6-9,11-14,16-27,40H,10,15H2,1-5H3. The van der Waals surface area contributed by atoms with Gasteiger partial charge >= 0.3 is 0 Å². The smallest absolute Gasteiger partial charge is 0.159 e. The Kier molecular flexibility index (Phi) is 6.67. The molecule has 0 bridgehead atoms. The highest BCUT2D eigenvalue weighted by atomic mass is 32.1. The number of benzene rings is 3. The molecule has 3 aliphatic carbocycles. The predicted molar refractivity (Wildman–Crippen MR) is 203 cm³/mol. The van der Waals surface area contributed by atoms with Crippen molar-refractivity contribution in [1.29, 1.82) is 0 Å². The first-order valence-corrected chi connectivity index (χ1v) is 18.1. The van der Waals surface area contributed by atoms with Crippen molar-refractivity contribution in [1.82, 2.24) is 9.47 Å². The van der Waals surface area contributed by atoms with Crippen LogP contribution in [0, 0.1) is 5.92 Å². The molecule has 4 aliphatic rings. The zero-order valence-electron chi connectivity index (χ0n) is 28.2. The molecule has 238 valence electrons. The largest absolute Gasteiger partial charge is 0.333 e. The van der Waals surface area contributed by atoms with E-state index in [0.29, 0.717) is 11.8 Å². The molecule has 0 fully saturated rings. The molecule has 3 atom stereocenters. The molecule has 2 aromatic heterocycles. The van der Waals surface area contributed by atoms with E-state index in [4.69, 9.17) is 9.98 Å². The molecule has 5 aromatic rings. The highest BCUT2D eigenvalue weighted by Gasteiger charge is 2.37. The minimum Gasteiger partial charge on any atom is -0.333 e. The topological polar surface area (TPSA) is 32.9 Å². The Bertz CT molecular complexity index is 2270. The van der Waals surface area contributed by atoms with Gasteiger partial charge in [0, 0.05) is 51.8 Å². The van der Waals surface area contributed by atoms with Crippen molar-refractivity contribution in [2.45, 2.75) is 58.0 Å². The minimum absolute atomic E-state index is 0.151. The molecule has 48 heavy (non-hydrogen) atoms. The van der Waals surface area contributed by atoms with Crippen LogP contribution in [0.2, 0.25) is 0 Å². The van der Waals surface area contributed by atoms with Crippen molar-refractivity contribution in [3.63, 3.8) is 0 Å². The first-order valence-electron chi connectivity index (χ1n) is 17.2. The number of amidine groups is 2. The molecule has 5 heteroatoms. The Balaban J connectivity index is 1.14. The molecule has 0 saturated heterocycles. The molecule has 0 amide bonds. The number of aromatic nitrogens is 1. The maximum absolute atomic E-state index is 5.26. The fourth-order valence-electron chi connectivity index (χ4n) is 8.22. The Morgan fingerprint density at radius 2 is 1.67 bits per heavy atom. The van der Waals surface area contributed by atoms with Gasteiger partial charge in [-0.05, 0) is 76.2 Å². The monoisotopic (exact) mass is 644 g/mol. The molecule has 3 heterocycles. The first kappa shape index (κ1) is 29.4. The van der Waals surface area contributed by atoms with Gasteiger partial charge in [0.25, 0.3) is 0 Å². The molecule has 9 rings (SSSR count). The number of fused-ring (bicyclic) bond motifs is 6. The van der Waals surface area contributed by atoms with Gasteiger partial charge in [0.2, 0.25) is 0 Å². The van der Waals surface area contributed by atoms with Gasteiger partial charge in [-0.2, -0.15) is 0 Å². The van der Waals surface area contributed by atoms with Crippen molar-refractivity contribution in [3.8, 4) is 16.8 Å². The third kappa shape index (κ3) is 4.40. The normalized spacial score (nSPS) is 22.2. The zero-order chi connectivity index (χ0) is 32.7. The van der Waals surface area contributed by atoms with Crippen LogP contribution in [0.1, 0.15) is 86.1 Å². The molecule has 0 spiro atoms. The van der Waals surface area contributed by atoms with Crippen LogP contribution < -0.4 is 0 Å². The van der Waals surface area contributed by atoms with Crippen LogP contribution in [0.3, 0.4) is 0 Å². The third-order valence-electron chi connectivity index (χ3n) is 10.9. The quantitative estimate of drug-likeness (QED) is 0.192. The number of allylic oxidation sites excluding steroid dienone is 3. The second-order valence-corrected chi connectivity index (χ2v) is 15.3. The minimum atomic E-state index is -0.168. The molecule has 3 unspecified atom stereocenters. The van der Waals surface area contributed by atoms with Crippen molar-refractivity contribution >= 4 is 39.3 Å². The Morgan fingerprint density at radius 3 is 2.46 bits per heavy atom. The van der Waals surface area contributed by atoms with Gasteiger partial charge in [-0.3, -0.25) is 0 Å². The lowest BCUT2D eigenvalue weighted by molar-refractivity contribution is 0.382. The molecule has 4 nitrogen and oxygen atoms in total. The molecule has 0 saturated carbocycles. The van der Waals surface area contributed by atoms with Crippen LogP contribution in [-0.4, -0.2) is 28.2 Å². The van der Waals surface area contributed by atoms with E-state index in [2.05, 4.69) is 153 Å². The van der Waals surface area contributed by atoms with Crippen molar-refractivity contribution in [2.24, 2.45) is 15.9 Å². The zero-order valence-corrected chi connectivity index (χ0v) is 29.1. The fourth-order valence-corrected chi connectivity index (χ4v) is 9.17. The summed E-state index contributed by atoms with van der Waals surface area (Å²) in [5.41, 5.74) is 12.7. The number of hydrogen-bond acceptors (Lipinski definition) is 4. The van der Waals surface area contributed by atoms with E-state index in [1.165, 1.54) is 49.4 Å². The Hall–Kier alpha value is -4.74. The summed E-state index contributed by atoms with van der Waals surface area (Å²) in [4.78, 5) is 14.1. The summed E-state index contributed by atoms with van der Waals surface area (Å²) >= 11 is 1.85. The van der Waals surface area contributed by atoms with Gasteiger partial charge in [0.05, 0.1) is 0 Å². The van der Waals surface area contributed by atoms with E-state index in [1.54, 1.807) is 0 Å². The highest BCUT2D eigenvalue weighted by molar-refractivity contribution is 7.16. The molecule has 3 aromatic carbocycles. The van der Waals surface area contributed by atoms with E-state index >= 15 is 0 Å². The van der Waals surface area contributed by atoms with Gasteiger partial charge in [-0.1, -0.05) is 107 Å². The summed E-state index contributed by atoms with van der Waals surface area (Å²) in [6.45, 7) is 9.38. The average molecular weight is 645 g/mol. The van der Waals surface area contributed by atoms with Gasteiger partial charge in [-0.15, -0.1) is 11.3 Å². The summed E-state index contributed by atoms with van der Waals surface area (Å²) in [5.74, 6) is 2.79. The van der Waals surface area contributed by atoms with Crippen LogP contribution in [0.5, 0.6) is 0 Å². The molecular formula is C43H40N4S. The van der Waals surface area contributed by atoms with Crippen LogP contribution in [0.15, 0.2) is 118 Å². The molecular weight excluding hydrogens is 605 g/mol. The van der Waals surface area contributed by atoms with Crippen LogP contribution in [-0.2, 0) is 5.41 Å². The van der Waals surface area contributed by atoms with Gasteiger partial charge < -0.3 is 9.47 Å². The summed E-state index contributed by atoms with van der Waals surface area (Å²) in [6, 6.07) is 27.0. The van der Waals surface area contributed by atoms with E-state index in [0.717, 1.165) is 41.2 Å². The van der Waals surface area contributed by atoms with Gasteiger partial charge in [0.1, 0.15) is 16.8 Å².